The number of hydrogen-bond acceptors (Lipinski definition) is 3. The van der Waals surface area contributed by atoms with Gasteiger partial charge in [-0.05, 0) is 37.3 Å². The molecule has 0 N–H and O–H groups in total. The Balaban J connectivity index is 1.97. The zero-order valence-electron chi connectivity index (χ0n) is 10.4. The number of pyridine rings is 1. The van der Waals surface area contributed by atoms with Gasteiger partial charge in [0.15, 0.2) is 0 Å². The van der Waals surface area contributed by atoms with Crippen molar-refractivity contribution in [2.75, 3.05) is 7.11 Å². The Morgan fingerprint density at radius 3 is 2.89 bits per heavy atom. The molecule has 18 heavy (non-hydrogen) atoms. The molecule has 0 aromatic carbocycles. The molecule has 3 rings (SSSR count). The third-order valence-electron chi connectivity index (χ3n) is 3.84. The molecule has 1 aliphatic carbocycles. The van der Waals surface area contributed by atoms with Crippen molar-refractivity contribution in [2.24, 2.45) is 5.92 Å². The van der Waals surface area contributed by atoms with Crippen LogP contribution in [0.25, 0.3) is 0 Å². The zero-order chi connectivity index (χ0) is 12.9. The van der Waals surface area contributed by atoms with Crippen LogP contribution < -0.4 is 4.74 Å². The van der Waals surface area contributed by atoms with E-state index in [-0.39, 0.29) is 11.9 Å². The summed E-state index contributed by atoms with van der Waals surface area (Å²) in [5, 5.41) is 0.374. The number of amides is 1. The van der Waals surface area contributed by atoms with Gasteiger partial charge in [-0.2, -0.15) is 0 Å². The summed E-state index contributed by atoms with van der Waals surface area (Å²) >= 11 is 5.94. The number of nitrogens with zero attached hydrogens (tertiary/aromatic N) is 2. The molecule has 2 heterocycles. The number of rotatable bonds is 3. The molecule has 1 aromatic rings. The lowest BCUT2D eigenvalue weighted by atomic mass is 10.2. The van der Waals surface area contributed by atoms with E-state index in [2.05, 4.69) is 11.9 Å². The van der Waals surface area contributed by atoms with Crippen LogP contribution in [0.1, 0.15) is 35.7 Å². The first-order valence-corrected chi connectivity index (χ1v) is 6.54. The van der Waals surface area contributed by atoms with Gasteiger partial charge in [-0.1, -0.05) is 11.6 Å². The lowest BCUT2D eigenvalue weighted by molar-refractivity contribution is 0.0695. The Morgan fingerprint density at radius 2 is 2.28 bits per heavy atom. The molecular weight excluding hydrogens is 252 g/mol. The van der Waals surface area contributed by atoms with Crippen molar-refractivity contribution in [2.45, 2.75) is 32.4 Å². The van der Waals surface area contributed by atoms with E-state index in [1.54, 1.807) is 6.07 Å². The predicted molar refractivity (Wildman–Crippen MR) is 67.9 cm³/mol. The summed E-state index contributed by atoms with van der Waals surface area (Å²) in [5.41, 5.74) is 1.50. The summed E-state index contributed by atoms with van der Waals surface area (Å²) in [6.07, 6.45) is 2.44. The van der Waals surface area contributed by atoms with Gasteiger partial charge in [0.25, 0.3) is 5.91 Å². The Kier molecular flexibility index (Phi) is 2.70. The first-order valence-electron chi connectivity index (χ1n) is 6.16. The first-order chi connectivity index (χ1) is 8.61. The number of carbonyl (C=O) groups excluding carboxylic acids is 1. The van der Waals surface area contributed by atoms with Crippen molar-refractivity contribution < 1.29 is 9.53 Å². The SMILES string of the molecule is COc1nc(Cl)cc2c1C(=O)N(C(C)C1CC1)C2. The van der Waals surface area contributed by atoms with Crippen LogP contribution in [-0.2, 0) is 6.54 Å². The number of hydrogen-bond donors (Lipinski definition) is 0. The minimum atomic E-state index is 0.0189. The van der Waals surface area contributed by atoms with E-state index in [4.69, 9.17) is 16.3 Å². The molecule has 1 aromatic heterocycles. The van der Waals surface area contributed by atoms with E-state index < -0.39 is 0 Å². The second-order valence-electron chi connectivity index (χ2n) is 5.00. The highest BCUT2D eigenvalue weighted by Crippen LogP contribution is 2.40. The lowest BCUT2D eigenvalue weighted by Crippen LogP contribution is -2.34. The summed E-state index contributed by atoms with van der Waals surface area (Å²) in [4.78, 5) is 18.4. The van der Waals surface area contributed by atoms with Gasteiger partial charge >= 0.3 is 0 Å². The van der Waals surface area contributed by atoms with E-state index >= 15 is 0 Å². The molecule has 1 saturated carbocycles. The number of halogens is 1. The van der Waals surface area contributed by atoms with Gasteiger partial charge in [0.1, 0.15) is 10.7 Å². The molecule has 1 amide bonds. The Bertz CT molecular complexity index is 514. The highest BCUT2D eigenvalue weighted by Gasteiger charge is 2.40. The van der Waals surface area contributed by atoms with Crippen molar-refractivity contribution in [3.8, 4) is 5.88 Å². The van der Waals surface area contributed by atoms with E-state index in [0.717, 1.165) is 5.56 Å². The van der Waals surface area contributed by atoms with E-state index in [0.29, 0.717) is 29.1 Å². The zero-order valence-corrected chi connectivity index (χ0v) is 11.2. The van der Waals surface area contributed by atoms with E-state index in [9.17, 15) is 4.79 Å². The molecule has 96 valence electrons. The molecule has 0 bridgehead atoms. The van der Waals surface area contributed by atoms with Gasteiger partial charge in [0.05, 0.1) is 7.11 Å². The average Bonchev–Trinajstić information content (AvgIpc) is 3.13. The molecule has 2 aliphatic rings. The van der Waals surface area contributed by atoms with Crippen molar-refractivity contribution in [1.82, 2.24) is 9.88 Å². The maximum Gasteiger partial charge on any atom is 0.260 e. The Labute approximate surface area is 111 Å². The van der Waals surface area contributed by atoms with Crippen LogP contribution in [0, 0.1) is 5.92 Å². The lowest BCUT2D eigenvalue weighted by Gasteiger charge is -2.23. The van der Waals surface area contributed by atoms with Crippen LogP contribution in [-0.4, -0.2) is 28.9 Å². The third kappa shape index (κ3) is 1.75. The van der Waals surface area contributed by atoms with Gasteiger partial charge in [0, 0.05) is 12.6 Å². The summed E-state index contributed by atoms with van der Waals surface area (Å²) in [6.45, 7) is 2.73. The molecule has 1 unspecified atom stereocenters. The van der Waals surface area contributed by atoms with Crippen molar-refractivity contribution in [3.63, 3.8) is 0 Å². The maximum atomic E-state index is 12.4. The minimum Gasteiger partial charge on any atom is -0.480 e. The fraction of sp³-hybridized carbons (Fsp3) is 0.538. The summed E-state index contributed by atoms with van der Waals surface area (Å²) < 4.78 is 5.17. The van der Waals surface area contributed by atoms with Crippen LogP contribution in [0.5, 0.6) is 5.88 Å². The molecule has 1 aliphatic heterocycles. The smallest absolute Gasteiger partial charge is 0.260 e. The monoisotopic (exact) mass is 266 g/mol. The molecule has 0 saturated heterocycles. The van der Waals surface area contributed by atoms with Crippen LogP contribution in [0.3, 0.4) is 0 Å². The predicted octanol–water partition coefficient (Wildman–Crippen LogP) is 2.50. The third-order valence-corrected chi connectivity index (χ3v) is 4.03. The number of ether oxygens (including phenoxy) is 1. The quantitative estimate of drug-likeness (QED) is 0.790. The number of carbonyl (C=O) groups is 1. The van der Waals surface area contributed by atoms with Gasteiger partial charge in [-0.3, -0.25) is 4.79 Å². The standard InChI is InChI=1S/C13H15ClN2O2/c1-7(8-3-4-8)16-6-9-5-10(14)15-12(18-2)11(9)13(16)17/h5,7-8H,3-4,6H2,1-2H3. The van der Waals surface area contributed by atoms with E-state index in [1.165, 1.54) is 20.0 Å². The molecule has 1 atom stereocenters. The molecule has 4 nitrogen and oxygen atoms in total. The van der Waals surface area contributed by atoms with Gasteiger partial charge in [-0.15, -0.1) is 0 Å². The van der Waals surface area contributed by atoms with Crippen LogP contribution >= 0.6 is 11.6 Å². The topological polar surface area (TPSA) is 42.4 Å². The van der Waals surface area contributed by atoms with Crippen LogP contribution in [0.15, 0.2) is 6.07 Å². The fourth-order valence-corrected chi connectivity index (χ4v) is 2.81. The van der Waals surface area contributed by atoms with Crippen molar-refractivity contribution in [1.29, 1.82) is 0 Å². The van der Waals surface area contributed by atoms with Crippen LogP contribution in [0.2, 0.25) is 5.15 Å². The average molecular weight is 267 g/mol. The number of fused-ring (bicyclic) bond motifs is 1. The van der Waals surface area contributed by atoms with Gasteiger partial charge in [-0.25, -0.2) is 4.98 Å². The largest absolute Gasteiger partial charge is 0.480 e. The van der Waals surface area contributed by atoms with Gasteiger partial charge in [0.2, 0.25) is 5.88 Å². The number of aromatic nitrogens is 1. The molecule has 5 heteroatoms. The summed E-state index contributed by atoms with van der Waals surface area (Å²) in [7, 11) is 1.51. The summed E-state index contributed by atoms with van der Waals surface area (Å²) in [5.74, 6) is 1.01. The second kappa shape index (κ2) is 4.12. The highest BCUT2D eigenvalue weighted by atomic mass is 35.5. The molecule has 1 fully saturated rings. The van der Waals surface area contributed by atoms with Crippen molar-refractivity contribution >= 4 is 17.5 Å². The maximum absolute atomic E-state index is 12.4. The Hall–Kier alpha value is -1.29. The van der Waals surface area contributed by atoms with Gasteiger partial charge < -0.3 is 9.64 Å². The Morgan fingerprint density at radius 1 is 1.56 bits per heavy atom. The first kappa shape index (κ1) is 11.8. The molecule has 0 radical (unpaired) electrons. The normalized spacial score (nSPS) is 19.9. The van der Waals surface area contributed by atoms with Crippen molar-refractivity contribution in [3.05, 3.63) is 22.3 Å². The second-order valence-corrected chi connectivity index (χ2v) is 5.39. The summed E-state index contributed by atoms with van der Waals surface area (Å²) in [6, 6.07) is 2.05. The highest BCUT2D eigenvalue weighted by molar-refractivity contribution is 6.29. The fourth-order valence-electron chi connectivity index (χ4n) is 2.60. The minimum absolute atomic E-state index is 0.0189. The van der Waals surface area contributed by atoms with Crippen LogP contribution in [0.4, 0.5) is 0 Å². The van der Waals surface area contributed by atoms with E-state index in [1.807, 2.05) is 4.90 Å². The number of methoxy groups -OCH3 is 1. The molecule has 0 spiro atoms. The molecular formula is C13H15ClN2O2.